The van der Waals surface area contributed by atoms with Crippen molar-refractivity contribution in [3.05, 3.63) is 275 Å². The molecule has 0 saturated heterocycles. The van der Waals surface area contributed by atoms with Crippen molar-refractivity contribution in [1.29, 1.82) is 0 Å². The minimum absolute atomic E-state index is 0. The van der Waals surface area contributed by atoms with Gasteiger partial charge in [-0.3, -0.25) is 29.1 Å². The minimum Gasteiger partial charge on any atom is -0.512 e. The summed E-state index contributed by atoms with van der Waals surface area (Å²) in [5.41, 5.74) is 15.1. The van der Waals surface area contributed by atoms with Crippen LogP contribution in [0.3, 0.4) is 0 Å². The van der Waals surface area contributed by atoms with E-state index in [-0.39, 0.29) is 137 Å². The molecule has 0 aliphatic carbocycles. The molecule has 5 aromatic heterocycles. The molecule has 1 atom stereocenters. The molecule has 0 spiro atoms. The van der Waals surface area contributed by atoms with Crippen LogP contribution in [0, 0.1) is 40.5 Å². The van der Waals surface area contributed by atoms with Gasteiger partial charge in [0.15, 0.2) is 23.1 Å². The predicted octanol–water partition coefficient (Wildman–Crippen LogP) is 25.6. The fraction of sp³-hybridized carbons (Fsp3) is 0.333. The topological polar surface area (TPSA) is 214 Å². The molecule has 0 fully saturated rings. The summed E-state index contributed by atoms with van der Waals surface area (Å²) in [5, 5.41) is 37.2. The van der Waals surface area contributed by atoms with E-state index >= 15 is 0 Å². The number of para-hydroxylation sites is 3. The smallest absolute Gasteiger partial charge is 0.155 e. The quantitative estimate of drug-likeness (QED) is 0.0403. The summed E-state index contributed by atoms with van der Waals surface area (Å²) < 4.78 is 5.81. The molecule has 4 N–H and O–H groups in total. The van der Waals surface area contributed by atoms with Gasteiger partial charge < -0.3 is 34.8 Å². The van der Waals surface area contributed by atoms with E-state index < -0.39 is 0 Å². The first-order valence-corrected chi connectivity index (χ1v) is 38.2. The Hall–Kier alpha value is -8.10. The number of aliphatic hydroxyl groups is 4. The summed E-state index contributed by atoms with van der Waals surface area (Å²) in [6, 6.07) is 69.0. The van der Waals surface area contributed by atoms with Gasteiger partial charge in [-0.25, -0.2) is 11.3 Å². The number of thiophene rings is 1. The van der Waals surface area contributed by atoms with Gasteiger partial charge in [0.2, 0.25) is 0 Å². The molecule has 618 valence electrons. The monoisotopic (exact) mass is 2270 g/mol. The minimum atomic E-state index is -0.125. The van der Waals surface area contributed by atoms with Crippen LogP contribution in [0.4, 0.5) is 0 Å². The first kappa shape index (κ1) is 106. The largest absolute Gasteiger partial charge is 0.512 e. The third-order valence-electron chi connectivity index (χ3n) is 16.0. The summed E-state index contributed by atoms with van der Waals surface area (Å²) in [6.45, 7) is 40.8. The van der Waals surface area contributed by atoms with Crippen LogP contribution in [0.2, 0.25) is 0 Å². The van der Waals surface area contributed by atoms with Crippen molar-refractivity contribution in [3.63, 3.8) is 0 Å². The van der Waals surface area contributed by atoms with Crippen molar-refractivity contribution >= 4 is 67.2 Å². The van der Waals surface area contributed by atoms with Crippen LogP contribution in [0.15, 0.2) is 228 Å². The van der Waals surface area contributed by atoms with E-state index in [0.29, 0.717) is 23.1 Å². The zero-order chi connectivity index (χ0) is 81.9. The average molecular weight is 2270 g/mol. The molecule has 0 bridgehead atoms. The molecule has 0 amide bonds. The zero-order valence-electron chi connectivity index (χ0n) is 69.8. The maximum Gasteiger partial charge on any atom is 0.155 e. The maximum absolute atomic E-state index is 10.0. The number of nitrogens with zero attached hydrogens (tertiary/aromatic N) is 4. The number of carbonyl (C=O) groups is 4. The first-order chi connectivity index (χ1) is 51.8. The SMILES string of the molecule is CC(=O)C=C(C)O.CC(=O)C=C(C)O.CC(=O)C=C(C)O.CC(=O)C=C(C)O.CC(C)(C)Cc1cc(-c2[c-]cccc2)nc2ccccc12.CC(C)(C)Cc1cnc(-c2[c-]cccc2)c2ccccc12.CCC(C)c1c[c-]c(-c2cc(CC(C)(C)C)ccn2)s1.CCC(CC)c1cc[c-]c(-c2nc3ccccc3o2)c1.[Ir].[Ir].[Ir].[Ir]. The summed E-state index contributed by atoms with van der Waals surface area (Å²) in [4.78, 5) is 61.2. The van der Waals surface area contributed by atoms with E-state index in [1.54, 1.807) is 0 Å². The number of oxazole rings is 1. The van der Waals surface area contributed by atoms with Gasteiger partial charge in [-0.15, -0.1) is 102 Å². The van der Waals surface area contributed by atoms with Crippen LogP contribution in [-0.2, 0) is 119 Å². The number of aliphatic hydroxyl groups excluding tert-OH is 4. The first-order valence-electron chi connectivity index (χ1n) is 37.3. The van der Waals surface area contributed by atoms with Gasteiger partial charge in [0.25, 0.3) is 0 Å². The number of fused-ring (bicyclic) bond motifs is 3. The predicted molar refractivity (Wildman–Crippen MR) is 456 cm³/mol. The number of benzene rings is 6. The molecule has 6 aromatic carbocycles. The van der Waals surface area contributed by atoms with Gasteiger partial charge in [-0.1, -0.05) is 203 Å². The number of pyridine rings is 3. The normalized spacial score (nSPS) is 11.5. The fourth-order valence-corrected chi connectivity index (χ4v) is 12.4. The van der Waals surface area contributed by atoms with Gasteiger partial charge in [-0.2, -0.15) is 12.1 Å². The Balaban J connectivity index is 0.00000133. The molecular weight excluding hydrogens is 2150 g/mol. The molecule has 4 radical (unpaired) electrons. The maximum atomic E-state index is 10.0. The number of carbonyl (C=O) groups excluding carboxylic acids is 4. The van der Waals surface area contributed by atoms with E-state index in [2.05, 4.69) is 221 Å². The summed E-state index contributed by atoms with van der Waals surface area (Å²) in [5.74, 6) is 1.61. The number of aromatic nitrogens is 4. The standard InChI is InChI=1S/2C20H20N.C18H18NO.C18H24NS.4C5H8O2.4Ir/c1-20(2,3)13-16-14-21-19(15-9-5-4-6-10-15)18-12-8-7-11-17(16)18;1-20(2,3)14-16-13-19(15-9-5-4-6-10-15)21-18-12-8-7-11-17(16)18;1-3-13(4-2)14-8-7-9-15(12-14)18-19-16-10-5-6-11-17(16)20-18;1-6-13(2)16-7-8-17(20-16)15-11-14(9-10-19-15)12-18(3,4)5;4*1-4(6)3-5(2)7;;;;/h4-9,11-12,14H,13H2,1-3H3;4-9,11-13H,14H2,1-3H3;5-8,10-13H,3-4H2,1-2H3;7,9-11,13H,6,12H2,1-5H3;4*3,6H,1-2H3;;;;/q4*-1;;;;;;;;. The average Bonchev–Trinajstić information content (AvgIpc) is 1.16. The molecule has 0 aliphatic rings. The Morgan fingerprint density at radius 3 is 1.39 bits per heavy atom. The Morgan fingerprint density at radius 2 is 0.930 bits per heavy atom. The van der Waals surface area contributed by atoms with E-state index in [1.807, 2.05) is 90.5 Å². The van der Waals surface area contributed by atoms with Crippen LogP contribution in [0.1, 0.15) is 204 Å². The molecule has 13 nitrogen and oxygen atoms in total. The third kappa shape index (κ3) is 41.0. The Morgan fingerprint density at radius 1 is 0.465 bits per heavy atom. The summed E-state index contributed by atoms with van der Waals surface area (Å²) >= 11 is 1.83. The fourth-order valence-electron chi connectivity index (χ4n) is 11.4. The molecule has 18 heteroatoms. The van der Waals surface area contributed by atoms with Crippen molar-refractivity contribution in [2.45, 2.75) is 196 Å². The number of ketones is 4. The zero-order valence-corrected chi connectivity index (χ0v) is 80.2. The Bertz CT molecular complexity index is 4710. The number of hydrogen-bond acceptors (Lipinski definition) is 14. The molecule has 5 heterocycles. The molecule has 0 saturated carbocycles. The molecular formula is C96H114Ir4N4O9S-4. The molecule has 11 aromatic rings. The second kappa shape index (κ2) is 53.2. The van der Waals surface area contributed by atoms with Gasteiger partial charge >= 0.3 is 0 Å². The van der Waals surface area contributed by atoms with Gasteiger partial charge in [-0.05, 0) is 160 Å². The van der Waals surface area contributed by atoms with Crippen LogP contribution < -0.4 is 0 Å². The van der Waals surface area contributed by atoms with Gasteiger partial charge in [0, 0.05) is 123 Å². The van der Waals surface area contributed by atoms with Crippen molar-refractivity contribution in [2.24, 2.45) is 16.2 Å². The summed E-state index contributed by atoms with van der Waals surface area (Å²) in [7, 11) is 0. The van der Waals surface area contributed by atoms with Gasteiger partial charge in [0.1, 0.15) is 11.5 Å². The van der Waals surface area contributed by atoms with Crippen LogP contribution in [0.25, 0.3) is 77.3 Å². The van der Waals surface area contributed by atoms with Crippen LogP contribution in [0.5, 0.6) is 0 Å². The van der Waals surface area contributed by atoms with Crippen molar-refractivity contribution in [3.8, 4) is 44.5 Å². The van der Waals surface area contributed by atoms with Crippen LogP contribution in [-0.4, -0.2) is 63.5 Å². The number of rotatable bonds is 16. The van der Waals surface area contributed by atoms with E-state index in [9.17, 15) is 19.2 Å². The number of allylic oxidation sites excluding steroid dienone is 8. The Labute approximate surface area is 736 Å². The Kier molecular flexibility index (Phi) is 49.4. The number of hydrogen-bond donors (Lipinski definition) is 4. The molecule has 1 unspecified atom stereocenters. The van der Waals surface area contributed by atoms with E-state index in [0.717, 1.165) is 87.4 Å². The molecule has 114 heavy (non-hydrogen) atoms. The van der Waals surface area contributed by atoms with E-state index in [1.165, 1.54) is 129 Å². The van der Waals surface area contributed by atoms with Crippen molar-refractivity contribution in [2.75, 3.05) is 0 Å². The van der Waals surface area contributed by atoms with E-state index in [4.69, 9.17) is 34.8 Å². The van der Waals surface area contributed by atoms with Gasteiger partial charge in [0.05, 0.1) is 34.1 Å². The second-order valence-corrected chi connectivity index (χ2v) is 31.8. The second-order valence-electron chi connectivity index (χ2n) is 30.7. The van der Waals surface area contributed by atoms with Crippen LogP contribution >= 0.6 is 11.3 Å². The molecule has 0 aliphatic heterocycles. The summed E-state index contributed by atoms with van der Waals surface area (Å²) in [6.07, 6.45) is 15.2. The van der Waals surface area contributed by atoms with Crippen molar-refractivity contribution in [1.82, 2.24) is 19.9 Å². The van der Waals surface area contributed by atoms with Crippen molar-refractivity contribution < 1.29 is 124 Å². The third-order valence-corrected chi connectivity index (χ3v) is 17.3. The molecule has 11 rings (SSSR count).